The number of amides is 1. The van der Waals surface area contributed by atoms with Crippen LogP contribution in [0.2, 0.25) is 0 Å². The largest absolute Gasteiger partial charge is 0.489 e. The fraction of sp³-hybridized carbons (Fsp3) is 0.167. The summed E-state index contributed by atoms with van der Waals surface area (Å²) >= 11 is 0. The molecule has 0 aliphatic rings. The molecule has 0 radical (unpaired) electrons. The van der Waals surface area contributed by atoms with Crippen molar-refractivity contribution in [2.24, 2.45) is 0 Å². The molecule has 0 aliphatic heterocycles. The van der Waals surface area contributed by atoms with Crippen molar-refractivity contribution in [3.05, 3.63) is 96.1 Å². The standard InChI is InChI=1S/C24H23NO5/c1-18(25-24(27)29-17-20-10-6-3-7-11-20)23(26)30-22-14-12-21(13-15-22)28-16-19-8-4-2-5-9-19/h2-15,18H,16-17H2,1H3,(H,25,27). The number of nitrogens with one attached hydrogen (secondary N) is 1. The van der Waals surface area contributed by atoms with Gasteiger partial charge in [0.2, 0.25) is 0 Å². The zero-order valence-electron chi connectivity index (χ0n) is 16.6. The van der Waals surface area contributed by atoms with E-state index in [0.717, 1.165) is 11.1 Å². The van der Waals surface area contributed by atoms with Gasteiger partial charge in [-0.1, -0.05) is 60.7 Å². The van der Waals surface area contributed by atoms with E-state index in [1.807, 2.05) is 60.7 Å². The number of esters is 1. The number of carbonyl (C=O) groups excluding carboxylic acids is 2. The lowest BCUT2D eigenvalue weighted by Gasteiger charge is -2.14. The molecule has 0 saturated carbocycles. The van der Waals surface area contributed by atoms with E-state index in [2.05, 4.69) is 5.32 Å². The van der Waals surface area contributed by atoms with Crippen LogP contribution in [-0.4, -0.2) is 18.1 Å². The second kappa shape index (κ2) is 10.7. The molecule has 3 aromatic rings. The van der Waals surface area contributed by atoms with E-state index >= 15 is 0 Å². The molecule has 30 heavy (non-hydrogen) atoms. The van der Waals surface area contributed by atoms with Crippen LogP contribution in [-0.2, 0) is 22.7 Å². The summed E-state index contributed by atoms with van der Waals surface area (Å²) in [5.41, 5.74) is 1.92. The van der Waals surface area contributed by atoms with Crippen molar-refractivity contribution in [2.75, 3.05) is 0 Å². The maximum absolute atomic E-state index is 12.2. The van der Waals surface area contributed by atoms with Crippen LogP contribution < -0.4 is 14.8 Å². The van der Waals surface area contributed by atoms with Crippen LogP contribution in [0.15, 0.2) is 84.9 Å². The molecule has 0 spiro atoms. The van der Waals surface area contributed by atoms with E-state index in [1.54, 1.807) is 24.3 Å². The first kappa shape index (κ1) is 20.9. The van der Waals surface area contributed by atoms with Crippen molar-refractivity contribution in [3.8, 4) is 11.5 Å². The number of benzene rings is 3. The molecule has 0 aromatic heterocycles. The van der Waals surface area contributed by atoms with Gasteiger partial charge in [0.15, 0.2) is 0 Å². The van der Waals surface area contributed by atoms with Crippen LogP contribution in [0.25, 0.3) is 0 Å². The average Bonchev–Trinajstić information content (AvgIpc) is 2.78. The second-order valence-electron chi connectivity index (χ2n) is 6.59. The molecule has 0 fully saturated rings. The maximum atomic E-state index is 12.2. The van der Waals surface area contributed by atoms with Gasteiger partial charge < -0.3 is 19.5 Å². The molecular weight excluding hydrogens is 382 g/mol. The number of rotatable bonds is 8. The minimum atomic E-state index is -0.859. The van der Waals surface area contributed by atoms with Crippen molar-refractivity contribution < 1.29 is 23.8 Å². The number of carbonyl (C=O) groups is 2. The molecule has 1 N–H and O–H groups in total. The van der Waals surface area contributed by atoms with Gasteiger partial charge in [0.25, 0.3) is 0 Å². The highest BCUT2D eigenvalue weighted by molar-refractivity contribution is 5.82. The fourth-order valence-corrected chi connectivity index (χ4v) is 2.55. The highest BCUT2D eigenvalue weighted by Gasteiger charge is 2.18. The fourth-order valence-electron chi connectivity index (χ4n) is 2.55. The zero-order valence-corrected chi connectivity index (χ0v) is 16.6. The average molecular weight is 405 g/mol. The van der Waals surface area contributed by atoms with Crippen molar-refractivity contribution >= 4 is 12.1 Å². The Kier molecular flexibility index (Phi) is 7.44. The zero-order chi connectivity index (χ0) is 21.2. The van der Waals surface area contributed by atoms with Gasteiger partial charge in [-0.15, -0.1) is 0 Å². The van der Waals surface area contributed by atoms with Gasteiger partial charge >= 0.3 is 12.1 Å². The normalized spacial score (nSPS) is 11.2. The SMILES string of the molecule is CC(NC(=O)OCc1ccccc1)C(=O)Oc1ccc(OCc2ccccc2)cc1. The molecule has 1 atom stereocenters. The Labute approximate surface area is 175 Å². The summed E-state index contributed by atoms with van der Waals surface area (Å²) in [7, 11) is 0. The highest BCUT2D eigenvalue weighted by Crippen LogP contribution is 2.19. The summed E-state index contributed by atoms with van der Waals surface area (Å²) in [5.74, 6) is 0.428. The Morgan fingerprint density at radius 1 is 0.767 bits per heavy atom. The quantitative estimate of drug-likeness (QED) is 0.442. The third-order valence-corrected chi connectivity index (χ3v) is 4.19. The number of alkyl carbamates (subject to hydrolysis) is 1. The lowest BCUT2D eigenvalue weighted by molar-refractivity contribution is -0.136. The van der Waals surface area contributed by atoms with Crippen molar-refractivity contribution in [1.29, 1.82) is 0 Å². The van der Waals surface area contributed by atoms with Gasteiger partial charge in [-0.2, -0.15) is 0 Å². The number of hydrogen-bond donors (Lipinski definition) is 1. The van der Waals surface area contributed by atoms with E-state index in [-0.39, 0.29) is 6.61 Å². The van der Waals surface area contributed by atoms with E-state index in [4.69, 9.17) is 14.2 Å². The summed E-state index contributed by atoms with van der Waals surface area (Å²) in [5, 5.41) is 2.46. The monoisotopic (exact) mass is 405 g/mol. The van der Waals surface area contributed by atoms with Crippen molar-refractivity contribution in [1.82, 2.24) is 5.32 Å². The lowest BCUT2D eigenvalue weighted by Crippen LogP contribution is -2.41. The van der Waals surface area contributed by atoms with Crippen LogP contribution in [0.1, 0.15) is 18.1 Å². The molecule has 0 aliphatic carbocycles. The number of ether oxygens (including phenoxy) is 3. The Bertz CT molecular complexity index is 942. The third-order valence-electron chi connectivity index (χ3n) is 4.19. The smallest absolute Gasteiger partial charge is 0.408 e. The second-order valence-corrected chi connectivity index (χ2v) is 6.59. The van der Waals surface area contributed by atoms with Crippen LogP contribution in [0.5, 0.6) is 11.5 Å². The predicted molar refractivity (Wildman–Crippen MR) is 112 cm³/mol. The van der Waals surface area contributed by atoms with Crippen LogP contribution in [0.4, 0.5) is 4.79 Å². The van der Waals surface area contributed by atoms with E-state index in [0.29, 0.717) is 18.1 Å². The van der Waals surface area contributed by atoms with Gasteiger partial charge in [-0.3, -0.25) is 0 Å². The first-order valence-electron chi connectivity index (χ1n) is 9.56. The Balaban J connectivity index is 1.42. The Morgan fingerprint density at radius 3 is 1.90 bits per heavy atom. The minimum Gasteiger partial charge on any atom is -0.489 e. The van der Waals surface area contributed by atoms with Crippen molar-refractivity contribution in [2.45, 2.75) is 26.2 Å². The highest BCUT2D eigenvalue weighted by atomic mass is 16.6. The molecule has 6 nitrogen and oxygen atoms in total. The van der Waals surface area contributed by atoms with Gasteiger partial charge in [0.1, 0.15) is 30.8 Å². The molecule has 0 saturated heterocycles. The summed E-state index contributed by atoms with van der Waals surface area (Å²) in [4.78, 5) is 24.1. The minimum absolute atomic E-state index is 0.124. The van der Waals surface area contributed by atoms with Crippen LogP contribution in [0, 0.1) is 0 Å². The summed E-state index contributed by atoms with van der Waals surface area (Å²) in [6.45, 7) is 2.11. The number of hydrogen-bond acceptors (Lipinski definition) is 5. The van der Waals surface area contributed by atoms with Gasteiger partial charge in [-0.05, 0) is 42.3 Å². The molecule has 3 aromatic carbocycles. The summed E-state index contributed by atoms with van der Waals surface area (Å²) in [6.07, 6.45) is -0.687. The molecular formula is C24H23NO5. The molecule has 1 unspecified atom stereocenters. The third kappa shape index (κ3) is 6.67. The van der Waals surface area contributed by atoms with E-state index in [9.17, 15) is 9.59 Å². The van der Waals surface area contributed by atoms with Crippen LogP contribution >= 0.6 is 0 Å². The molecule has 0 bridgehead atoms. The topological polar surface area (TPSA) is 73.9 Å². The molecule has 3 rings (SSSR count). The molecule has 6 heteroatoms. The maximum Gasteiger partial charge on any atom is 0.408 e. The van der Waals surface area contributed by atoms with E-state index < -0.39 is 18.1 Å². The van der Waals surface area contributed by atoms with Gasteiger partial charge in [0.05, 0.1) is 0 Å². The van der Waals surface area contributed by atoms with E-state index in [1.165, 1.54) is 6.92 Å². The predicted octanol–water partition coefficient (Wildman–Crippen LogP) is 4.49. The molecule has 154 valence electrons. The summed E-state index contributed by atoms with van der Waals surface area (Å²) < 4.78 is 16.1. The van der Waals surface area contributed by atoms with Crippen LogP contribution in [0.3, 0.4) is 0 Å². The first-order chi connectivity index (χ1) is 14.6. The van der Waals surface area contributed by atoms with Crippen molar-refractivity contribution in [3.63, 3.8) is 0 Å². The molecule has 0 heterocycles. The summed E-state index contributed by atoms with van der Waals surface area (Å²) in [6, 6.07) is 25.0. The Morgan fingerprint density at radius 2 is 1.30 bits per heavy atom. The lowest BCUT2D eigenvalue weighted by atomic mass is 10.2. The Hall–Kier alpha value is -3.80. The molecule has 1 amide bonds. The van der Waals surface area contributed by atoms with Gasteiger partial charge in [-0.25, -0.2) is 9.59 Å². The first-order valence-corrected chi connectivity index (χ1v) is 9.56. The van der Waals surface area contributed by atoms with Gasteiger partial charge in [0, 0.05) is 0 Å².